The number of alkyl halides is 3. The Morgan fingerprint density at radius 1 is 1.08 bits per heavy atom. The molecule has 3 atom stereocenters. The lowest BCUT2D eigenvalue weighted by Crippen LogP contribution is -2.64. The third-order valence-corrected chi connectivity index (χ3v) is 10.6. The highest BCUT2D eigenvalue weighted by Crippen LogP contribution is 2.41. The first-order valence-electron chi connectivity index (χ1n) is 18.2. The number of halogens is 3. The number of aromatic nitrogens is 4. The van der Waals surface area contributed by atoms with Gasteiger partial charge in [-0.3, -0.25) is 14.7 Å². The van der Waals surface area contributed by atoms with E-state index in [9.17, 15) is 14.0 Å². The molecule has 0 bridgehead atoms. The van der Waals surface area contributed by atoms with Crippen molar-refractivity contribution in [2.24, 2.45) is 5.92 Å². The van der Waals surface area contributed by atoms with E-state index in [0.29, 0.717) is 43.2 Å². The summed E-state index contributed by atoms with van der Waals surface area (Å²) in [6, 6.07) is 10.7. The SMILES string of the molecule is CNc1cc(N2CCc3c(-c4ccc(CC5CN(C6CCN(C(=O)OC(C)(C)C)CC6(F)F)C5)cn4)cccc32)nn2c(C(=O)N[C@@H]3C[C@@H]3F)cnc12. The van der Waals surface area contributed by atoms with E-state index in [1.54, 1.807) is 27.8 Å². The lowest BCUT2D eigenvalue weighted by atomic mass is 9.87. The summed E-state index contributed by atoms with van der Waals surface area (Å²) in [5.74, 6) is -2.53. The number of ether oxygens (including phenoxy) is 1. The number of imidazole rings is 1. The van der Waals surface area contributed by atoms with Crippen molar-refractivity contribution >= 4 is 34.8 Å². The zero-order chi connectivity index (χ0) is 37.2. The summed E-state index contributed by atoms with van der Waals surface area (Å²) in [6.45, 7) is 6.63. The summed E-state index contributed by atoms with van der Waals surface area (Å²) >= 11 is 0. The van der Waals surface area contributed by atoms with Crippen molar-refractivity contribution < 1.29 is 27.5 Å². The van der Waals surface area contributed by atoms with E-state index in [-0.39, 0.29) is 24.6 Å². The minimum absolute atomic E-state index is 0.208. The second-order valence-corrected chi connectivity index (χ2v) is 15.6. The number of piperidine rings is 1. The molecular weight excluding hydrogens is 687 g/mol. The van der Waals surface area contributed by atoms with Gasteiger partial charge < -0.3 is 25.2 Å². The molecule has 4 aliphatic rings. The molecule has 1 unspecified atom stereocenters. The number of anilines is 3. The number of likely N-dealkylation sites (tertiary alicyclic amines) is 2. The predicted octanol–water partition coefficient (Wildman–Crippen LogP) is 5.49. The van der Waals surface area contributed by atoms with Crippen molar-refractivity contribution in [1.29, 1.82) is 0 Å². The highest BCUT2D eigenvalue weighted by molar-refractivity contribution is 5.94. The van der Waals surface area contributed by atoms with Crippen molar-refractivity contribution in [2.45, 2.75) is 76.2 Å². The zero-order valence-electron chi connectivity index (χ0n) is 30.3. The summed E-state index contributed by atoms with van der Waals surface area (Å²) in [7, 11) is 1.79. The first-order valence-corrected chi connectivity index (χ1v) is 18.2. The predicted molar refractivity (Wildman–Crippen MR) is 194 cm³/mol. The van der Waals surface area contributed by atoms with Crippen LogP contribution >= 0.6 is 0 Å². The van der Waals surface area contributed by atoms with Gasteiger partial charge in [0.1, 0.15) is 11.8 Å². The number of hydrogen-bond acceptors (Lipinski definition) is 9. The minimum atomic E-state index is -3.01. The summed E-state index contributed by atoms with van der Waals surface area (Å²) in [5.41, 5.74) is 5.77. The minimum Gasteiger partial charge on any atom is -0.444 e. The van der Waals surface area contributed by atoms with Crippen LogP contribution in [0.15, 0.2) is 48.8 Å². The monoisotopic (exact) mass is 731 g/mol. The Morgan fingerprint density at radius 3 is 2.55 bits per heavy atom. The van der Waals surface area contributed by atoms with Crippen LogP contribution in [-0.4, -0.2) is 111 Å². The van der Waals surface area contributed by atoms with Crippen LogP contribution in [0.3, 0.4) is 0 Å². The molecule has 0 spiro atoms. The van der Waals surface area contributed by atoms with Crippen molar-refractivity contribution in [2.75, 3.05) is 50.0 Å². The lowest BCUT2D eigenvalue weighted by molar-refractivity contribution is -0.146. The normalized spacial score (nSPS) is 22.7. The molecule has 8 rings (SSSR count). The lowest BCUT2D eigenvalue weighted by Gasteiger charge is -2.50. The van der Waals surface area contributed by atoms with Gasteiger partial charge in [0, 0.05) is 63.2 Å². The number of rotatable bonds is 8. The van der Waals surface area contributed by atoms with Gasteiger partial charge in [0.2, 0.25) is 0 Å². The van der Waals surface area contributed by atoms with E-state index < -0.39 is 48.3 Å². The summed E-state index contributed by atoms with van der Waals surface area (Å²) < 4.78 is 50.7. The second-order valence-electron chi connectivity index (χ2n) is 15.6. The van der Waals surface area contributed by atoms with E-state index in [4.69, 9.17) is 14.8 Å². The molecule has 3 fully saturated rings. The molecule has 280 valence electrons. The molecule has 12 nitrogen and oxygen atoms in total. The number of carbonyl (C=O) groups is 2. The van der Waals surface area contributed by atoms with E-state index >= 15 is 8.78 Å². The van der Waals surface area contributed by atoms with E-state index in [2.05, 4.69) is 32.7 Å². The number of nitrogens with one attached hydrogen (secondary N) is 2. The van der Waals surface area contributed by atoms with Crippen LogP contribution in [0.2, 0.25) is 0 Å². The van der Waals surface area contributed by atoms with Crippen molar-refractivity contribution in [3.05, 3.63) is 65.6 Å². The number of nitrogens with zero attached hydrogens (tertiary/aromatic N) is 7. The standard InChI is InChI=1S/C38H44F3N9O3/c1-37(2,3)53-36(52)47-12-11-32(38(40,41)21-47)48-19-23(20-48)14-22-8-9-27(43-17-22)24-6-5-7-30-25(24)10-13-49(30)33-16-29(42-4)34-44-18-31(50(34)46-33)35(51)45-28-15-26(28)39/h5-9,16-18,23,26,28,32,42H,10-15,19-21H2,1-4H3,(H,45,51)/t26-,28+,32?/m0/s1. The van der Waals surface area contributed by atoms with Crippen LogP contribution in [-0.2, 0) is 17.6 Å². The average Bonchev–Trinajstić information content (AvgIpc) is 3.43. The maximum absolute atomic E-state index is 15.2. The van der Waals surface area contributed by atoms with Gasteiger partial charge in [-0.2, -0.15) is 0 Å². The van der Waals surface area contributed by atoms with Gasteiger partial charge in [0.25, 0.3) is 11.8 Å². The highest BCUT2D eigenvalue weighted by Gasteiger charge is 2.51. The van der Waals surface area contributed by atoms with Crippen LogP contribution < -0.4 is 15.5 Å². The number of benzene rings is 1. The molecule has 2 N–H and O–H groups in total. The maximum Gasteiger partial charge on any atom is 0.410 e. The summed E-state index contributed by atoms with van der Waals surface area (Å²) in [6.07, 6.45) is 3.67. The Morgan fingerprint density at radius 2 is 1.87 bits per heavy atom. The van der Waals surface area contributed by atoms with Crippen molar-refractivity contribution in [1.82, 2.24) is 34.7 Å². The number of hydrogen-bond donors (Lipinski definition) is 2. The Labute approximate surface area is 305 Å². The highest BCUT2D eigenvalue weighted by atomic mass is 19.3. The van der Waals surface area contributed by atoms with Gasteiger partial charge in [-0.1, -0.05) is 18.2 Å². The number of amides is 2. The van der Waals surface area contributed by atoms with Crippen LogP contribution in [0.5, 0.6) is 0 Å². The van der Waals surface area contributed by atoms with Gasteiger partial charge in [-0.15, -0.1) is 5.10 Å². The van der Waals surface area contributed by atoms with Gasteiger partial charge in [-0.25, -0.2) is 27.5 Å². The Kier molecular flexibility index (Phi) is 8.74. The molecule has 2 saturated heterocycles. The quantitative estimate of drug-likeness (QED) is 0.243. The fourth-order valence-corrected chi connectivity index (χ4v) is 7.79. The van der Waals surface area contributed by atoms with Crippen molar-refractivity contribution in [3.63, 3.8) is 0 Å². The van der Waals surface area contributed by atoms with E-state index in [1.165, 1.54) is 10.7 Å². The summed E-state index contributed by atoms with van der Waals surface area (Å²) in [5, 5.41) is 10.7. The maximum atomic E-state index is 15.2. The molecule has 4 aromatic rings. The fraction of sp³-hybridized carbons (Fsp3) is 0.500. The van der Waals surface area contributed by atoms with Crippen LogP contribution in [0.25, 0.3) is 16.9 Å². The molecular formula is C38H44F3N9O3. The molecule has 0 radical (unpaired) electrons. The third kappa shape index (κ3) is 6.86. The molecule has 1 saturated carbocycles. The molecule has 53 heavy (non-hydrogen) atoms. The Hall–Kier alpha value is -4.92. The largest absolute Gasteiger partial charge is 0.444 e. The summed E-state index contributed by atoms with van der Waals surface area (Å²) in [4.78, 5) is 39.7. The van der Waals surface area contributed by atoms with Gasteiger partial charge in [0.05, 0.1) is 36.2 Å². The van der Waals surface area contributed by atoms with Crippen molar-refractivity contribution in [3.8, 4) is 11.3 Å². The van der Waals surface area contributed by atoms with Crippen LogP contribution in [0.1, 0.15) is 55.2 Å². The number of fused-ring (bicyclic) bond motifs is 2. The third-order valence-electron chi connectivity index (χ3n) is 10.6. The second kappa shape index (κ2) is 13.2. The van der Waals surface area contributed by atoms with E-state index in [0.717, 1.165) is 45.8 Å². The Balaban J connectivity index is 0.922. The fourth-order valence-electron chi connectivity index (χ4n) is 7.79. The molecule has 3 aliphatic heterocycles. The number of pyridine rings is 1. The van der Waals surface area contributed by atoms with Gasteiger partial charge in [-0.05, 0) is 69.2 Å². The molecule has 1 aromatic carbocycles. The first kappa shape index (κ1) is 35.1. The molecule has 15 heteroatoms. The molecule has 2 amide bonds. The van der Waals surface area contributed by atoms with E-state index in [1.807, 2.05) is 35.4 Å². The molecule has 6 heterocycles. The molecule has 3 aromatic heterocycles. The Bertz CT molecular complexity index is 2040. The zero-order valence-corrected chi connectivity index (χ0v) is 30.3. The smallest absolute Gasteiger partial charge is 0.410 e. The molecule has 1 aliphatic carbocycles. The first-order chi connectivity index (χ1) is 25.3. The average molecular weight is 732 g/mol. The topological polar surface area (TPSA) is 120 Å². The van der Waals surface area contributed by atoms with Gasteiger partial charge in [0.15, 0.2) is 17.2 Å². The van der Waals surface area contributed by atoms with Crippen LogP contribution in [0, 0.1) is 5.92 Å². The van der Waals surface area contributed by atoms with Crippen LogP contribution in [0.4, 0.5) is 35.2 Å². The number of carbonyl (C=O) groups excluding carboxylic acids is 2. The van der Waals surface area contributed by atoms with Gasteiger partial charge >= 0.3 is 6.09 Å².